The zero-order valence-electron chi connectivity index (χ0n) is 11.1. The normalized spacial score (nSPS) is 12.5. The van der Waals surface area contributed by atoms with Gasteiger partial charge in [0, 0.05) is 7.05 Å². The van der Waals surface area contributed by atoms with Gasteiger partial charge in [0.05, 0.1) is 16.9 Å². The Hall–Kier alpha value is -1.61. The molecule has 0 atom stereocenters. The minimum atomic E-state index is 0.174. The lowest BCUT2D eigenvalue weighted by Gasteiger charge is -2.16. The van der Waals surface area contributed by atoms with Crippen molar-refractivity contribution in [2.45, 2.75) is 20.8 Å². The van der Waals surface area contributed by atoms with Gasteiger partial charge in [0.1, 0.15) is 0 Å². The highest BCUT2D eigenvalue weighted by atomic mass is 35.5. The fraction of sp³-hybridized carbons (Fsp3) is 0.286. The molecule has 0 bridgehead atoms. The lowest BCUT2D eigenvalue weighted by atomic mass is 10.1. The van der Waals surface area contributed by atoms with E-state index in [9.17, 15) is 4.79 Å². The van der Waals surface area contributed by atoms with Gasteiger partial charge in [-0.05, 0) is 43.5 Å². The molecular formula is C14H17ClN2O. The van der Waals surface area contributed by atoms with E-state index in [4.69, 9.17) is 11.6 Å². The maximum atomic E-state index is 10.5. The molecule has 0 radical (unpaired) electrons. The molecule has 0 aliphatic carbocycles. The van der Waals surface area contributed by atoms with Gasteiger partial charge in [-0.25, -0.2) is 0 Å². The van der Waals surface area contributed by atoms with Crippen molar-refractivity contribution in [2.75, 3.05) is 12.1 Å². The zero-order valence-corrected chi connectivity index (χ0v) is 11.8. The number of hydrazone groups is 1. The van der Waals surface area contributed by atoms with E-state index in [2.05, 4.69) is 25.0 Å². The Morgan fingerprint density at radius 3 is 2.67 bits per heavy atom. The lowest BCUT2D eigenvalue weighted by Crippen LogP contribution is -2.11. The maximum absolute atomic E-state index is 10.5. The third kappa shape index (κ3) is 3.44. The van der Waals surface area contributed by atoms with Crippen molar-refractivity contribution in [3.63, 3.8) is 0 Å². The van der Waals surface area contributed by atoms with Crippen molar-refractivity contribution in [1.29, 1.82) is 0 Å². The smallest absolute Gasteiger partial charge is 0.161 e. The number of rotatable bonds is 4. The minimum absolute atomic E-state index is 0.174. The van der Waals surface area contributed by atoms with Crippen LogP contribution in [0.1, 0.15) is 18.1 Å². The maximum Gasteiger partial charge on any atom is 0.161 e. The first-order chi connectivity index (χ1) is 8.47. The first kappa shape index (κ1) is 14.5. The number of hydrogen-bond acceptors (Lipinski definition) is 3. The van der Waals surface area contributed by atoms with Crippen LogP contribution in [0.2, 0.25) is 0 Å². The van der Waals surface area contributed by atoms with Crippen molar-refractivity contribution < 1.29 is 4.79 Å². The highest BCUT2D eigenvalue weighted by Crippen LogP contribution is 2.21. The van der Waals surface area contributed by atoms with Crippen molar-refractivity contribution in [3.05, 3.63) is 39.9 Å². The van der Waals surface area contributed by atoms with Crippen LogP contribution in [-0.4, -0.2) is 19.5 Å². The Morgan fingerprint density at radius 1 is 1.39 bits per heavy atom. The average Bonchev–Trinajstić information content (AvgIpc) is 2.37. The molecule has 96 valence electrons. The molecule has 0 heterocycles. The van der Waals surface area contributed by atoms with Gasteiger partial charge in [0.2, 0.25) is 0 Å². The molecule has 18 heavy (non-hydrogen) atoms. The average molecular weight is 265 g/mol. The van der Waals surface area contributed by atoms with Gasteiger partial charge in [-0.1, -0.05) is 23.7 Å². The van der Waals surface area contributed by atoms with Crippen LogP contribution in [-0.2, 0) is 4.79 Å². The number of benzene rings is 1. The van der Waals surface area contributed by atoms with E-state index >= 15 is 0 Å². The van der Waals surface area contributed by atoms with Gasteiger partial charge in [-0.3, -0.25) is 9.80 Å². The van der Waals surface area contributed by atoms with Crippen molar-refractivity contribution in [1.82, 2.24) is 0 Å². The number of aldehydes is 1. The van der Waals surface area contributed by atoms with Crippen LogP contribution < -0.4 is 5.01 Å². The zero-order chi connectivity index (χ0) is 13.7. The molecule has 3 nitrogen and oxygen atoms in total. The molecule has 1 aromatic carbocycles. The SMILES string of the molecule is CC(/C=N\N(C)c1cccc(C)c1C)=C(\Cl)C=O. The third-order valence-corrected chi connectivity index (χ3v) is 3.22. The largest absolute Gasteiger partial charge is 0.297 e. The standard InChI is InChI=1S/C14H17ClN2O/c1-10-6-5-7-14(12(10)3)17(4)16-8-11(2)13(15)9-18/h5-9H,1-4H3/b13-11+,16-8-. The molecule has 1 aromatic rings. The summed E-state index contributed by atoms with van der Waals surface area (Å²) < 4.78 is 0. The second-order valence-electron chi connectivity index (χ2n) is 4.14. The predicted molar refractivity (Wildman–Crippen MR) is 77.4 cm³/mol. The first-order valence-electron chi connectivity index (χ1n) is 5.63. The topological polar surface area (TPSA) is 32.7 Å². The first-order valence-corrected chi connectivity index (χ1v) is 6.00. The van der Waals surface area contributed by atoms with Crippen LogP contribution in [0.25, 0.3) is 0 Å². The second kappa shape index (κ2) is 6.36. The minimum Gasteiger partial charge on any atom is -0.297 e. The molecule has 0 unspecified atom stereocenters. The molecule has 0 saturated heterocycles. The summed E-state index contributed by atoms with van der Waals surface area (Å²) in [6, 6.07) is 6.05. The van der Waals surface area contributed by atoms with E-state index in [-0.39, 0.29) is 5.03 Å². The predicted octanol–water partition coefficient (Wildman–Crippen LogP) is 3.44. The molecule has 0 aromatic heterocycles. The molecule has 0 amide bonds. The van der Waals surface area contributed by atoms with Crippen LogP contribution in [0, 0.1) is 13.8 Å². The number of hydrogen-bond donors (Lipinski definition) is 0. The Morgan fingerprint density at radius 2 is 2.06 bits per heavy atom. The summed E-state index contributed by atoms with van der Waals surface area (Å²) in [5.74, 6) is 0. The summed E-state index contributed by atoms with van der Waals surface area (Å²) >= 11 is 5.70. The number of allylic oxidation sites excluding steroid dienone is 2. The Labute approximate surface area is 113 Å². The number of halogens is 1. The Balaban J connectivity index is 2.96. The second-order valence-corrected chi connectivity index (χ2v) is 4.54. The summed E-state index contributed by atoms with van der Waals surface area (Å²) in [5.41, 5.74) is 4.07. The summed E-state index contributed by atoms with van der Waals surface area (Å²) in [5, 5.41) is 6.21. The van der Waals surface area contributed by atoms with Gasteiger partial charge in [0.15, 0.2) is 6.29 Å². The van der Waals surface area contributed by atoms with E-state index in [0.29, 0.717) is 11.9 Å². The summed E-state index contributed by atoms with van der Waals surface area (Å²) in [6.07, 6.45) is 2.19. The number of aryl methyl sites for hydroxylation is 1. The number of carbonyl (C=O) groups is 1. The summed E-state index contributed by atoms with van der Waals surface area (Å²) in [4.78, 5) is 10.5. The lowest BCUT2D eigenvalue weighted by molar-refractivity contribution is -0.104. The fourth-order valence-corrected chi connectivity index (χ4v) is 1.52. The van der Waals surface area contributed by atoms with E-state index in [1.165, 1.54) is 11.1 Å². The van der Waals surface area contributed by atoms with E-state index < -0.39 is 0 Å². The molecule has 0 spiro atoms. The van der Waals surface area contributed by atoms with E-state index in [0.717, 1.165) is 5.69 Å². The molecule has 0 aliphatic heterocycles. The molecule has 0 fully saturated rings. The van der Waals surface area contributed by atoms with Crippen LogP contribution in [0.4, 0.5) is 5.69 Å². The van der Waals surface area contributed by atoms with Crippen molar-refractivity contribution >= 4 is 29.8 Å². The number of nitrogens with zero attached hydrogens (tertiary/aromatic N) is 2. The molecular weight excluding hydrogens is 248 g/mol. The van der Waals surface area contributed by atoms with E-state index in [1.54, 1.807) is 18.1 Å². The highest BCUT2D eigenvalue weighted by molar-refractivity contribution is 6.40. The number of anilines is 1. The number of carbonyl (C=O) groups excluding carboxylic acids is 1. The molecule has 0 N–H and O–H groups in total. The Kier molecular flexibility index (Phi) is 5.10. The molecule has 1 rings (SSSR count). The molecule has 0 saturated carbocycles. The summed E-state index contributed by atoms with van der Waals surface area (Å²) in [7, 11) is 1.86. The highest BCUT2D eigenvalue weighted by Gasteiger charge is 2.04. The quantitative estimate of drug-likeness (QED) is 0.361. The van der Waals surface area contributed by atoms with Gasteiger partial charge in [-0.2, -0.15) is 5.10 Å². The van der Waals surface area contributed by atoms with Crippen LogP contribution in [0.3, 0.4) is 0 Å². The van der Waals surface area contributed by atoms with Gasteiger partial charge < -0.3 is 0 Å². The fourth-order valence-electron chi connectivity index (χ4n) is 1.48. The van der Waals surface area contributed by atoms with E-state index in [1.807, 2.05) is 19.2 Å². The molecule has 0 aliphatic rings. The van der Waals surface area contributed by atoms with Crippen molar-refractivity contribution in [2.24, 2.45) is 5.10 Å². The van der Waals surface area contributed by atoms with Crippen LogP contribution in [0.15, 0.2) is 33.9 Å². The summed E-state index contributed by atoms with van der Waals surface area (Å²) in [6.45, 7) is 5.86. The van der Waals surface area contributed by atoms with Gasteiger partial charge >= 0.3 is 0 Å². The van der Waals surface area contributed by atoms with Gasteiger partial charge in [-0.15, -0.1) is 0 Å². The monoisotopic (exact) mass is 264 g/mol. The Bertz CT molecular complexity index is 507. The molecule has 4 heteroatoms. The van der Waals surface area contributed by atoms with Crippen molar-refractivity contribution in [3.8, 4) is 0 Å². The van der Waals surface area contributed by atoms with Crippen LogP contribution >= 0.6 is 11.6 Å². The van der Waals surface area contributed by atoms with Gasteiger partial charge in [0.25, 0.3) is 0 Å². The van der Waals surface area contributed by atoms with Crippen LogP contribution in [0.5, 0.6) is 0 Å². The third-order valence-electron chi connectivity index (χ3n) is 2.83.